The number of benzene rings is 2. The Morgan fingerprint density at radius 1 is 1.05 bits per heavy atom. The van der Waals surface area contributed by atoms with Crippen LogP contribution in [0.1, 0.15) is 0 Å². The van der Waals surface area contributed by atoms with Crippen molar-refractivity contribution >= 4 is 27.9 Å². The lowest BCUT2D eigenvalue weighted by molar-refractivity contribution is -0.161. The van der Waals surface area contributed by atoms with Crippen molar-refractivity contribution in [1.82, 2.24) is 0 Å². The van der Waals surface area contributed by atoms with Gasteiger partial charge in [-0.25, -0.2) is 4.79 Å². The zero-order valence-electron chi connectivity index (χ0n) is 11.8. The van der Waals surface area contributed by atoms with Crippen molar-refractivity contribution in [3.8, 4) is 5.75 Å². The molecule has 0 radical (unpaired) electrons. The molecule has 2 heterocycles. The lowest BCUT2D eigenvalue weighted by Crippen LogP contribution is -2.38. The molecule has 5 nitrogen and oxygen atoms in total. The molecular formula is C17H14O5. The summed E-state index contributed by atoms with van der Waals surface area (Å²) in [7, 11) is 0. The van der Waals surface area contributed by atoms with Crippen molar-refractivity contribution in [2.45, 2.75) is 6.10 Å². The molecule has 0 bridgehead atoms. The molecule has 22 heavy (non-hydrogen) atoms. The average molecular weight is 298 g/mol. The van der Waals surface area contributed by atoms with Gasteiger partial charge in [-0.2, -0.15) is 0 Å². The van der Waals surface area contributed by atoms with E-state index in [4.69, 9.17) is 18.6 Å². The third-order valence-electron chi connectivity index (χ3n) is 3.65. The van der Waals surface area contributed by atoms with Crippen LogP contribution >= 0.6 is 0 Å². The van der Waals surface area contributed by atoms with Gasteiger partial charge in [0.05, 0.1) is 19.8 Å². The van der Waals surface area contributed by atoms with Gasteiger partial charge >= 0.3 is 5.97 Å². The summed E-state index contributed by atoms with van der Waals surface area (Å²) in [6.07, 6.45) is -0.662. The van der Waals surface area contributed by atoms with E-state index in [1.54, 1.807) is 12.1 Å². The Labute approximate surface area is 126 Å². The molecule has 112 valence electrons. The highest BCUT2D eigenvalue weighted by Gasteiger charge is 2.24. The zero-order valence-corrected chi connectivity index (χ0v) is 11.8. The third kappa shape index (κ3) is 2.34. The highest BCUT2D eigenvalue weighted by atomic mass is 16.6. The SMILES string of the molecule is O=C(Oc1ccc2oc3ccccc3c2c1)[C@@H]1COCCO1. The molecule has 0 saturated carbocycles. The lowest BCUT2D eigenvalue weighted by Gasteiger charge is -2.21. The van der Waals surface area contributed by atoms with E-state index in [1.807, 2.05) is 30.3 Å². The van der Waals surface area contributed by atoms with Crippen LogP contribution in [0.25, 0.3) is 21.9 Å². The molecule has 1 aromatic heterocycles. The van der Waals surface area contributed by atoms with E-state index in [0.717, 1.165) is 21.9 Å². The topological polar surface area (TPSA) is 57.9 Å². The van der Waals surface area contributed by atoms with Crippen molar-refractivity contribution in [2.75, 3.05) is 19.8 Å². The van der Waals surface area contributed by atoms with Gasteiger partial charge in [-0.3, -0.25) is 0 Å². The van der Waals surface area contributed by atoms with Crippen LogP contribution in [-0.4, -0.2) is 31.9 Å². The minimum absolute atomic E-state index is 0.232. The second-order valence-electron chi connectivity index (χ2n) is 5.11. The van der Waals surface area contributed by atoms with Gasteiger partial charge in [0.2, 0.25) is 0 Å². The Balaban J connectivity index is 1.64. The second kappa shape index (κ2) is 5.44. The fourth-order valence-electron chi connectivity index (χ4n) is 2.57. The van der Waals surface area contributed by atoms with Crippen molar-refractivity contribution in [3.05, 3.63) is 42.5 Å². The van der Waals surface area contributed by atoms with E-state index in [1.165, 1.54) is 0 Å². The summed E-state index contributed by atoms with van der Waals surface area (Å²) in [5.74, 6) is 0.0325. The molecule has 1 saturated heterocycles. The summed E-state index contributed by atoms with van der Waals surface area (Å²) >= 11 is 0. The number of fused-ring (bicyclic) bond motifs is 3. The molecule has 1 aliphatic rings. The van der Waals surface area contributed by atoms with Crippen molar-refractivity contribution in [3.63, 3.8) is 0 Å². The number of rotatable bonds is 2. The maximum Gasteiger partial charge on any atom is 0.343 e. The maximum absolute atomic E-state index is 12.1. The molecule has 0 unspecified atom stereocenters. The minimum atomic E-state index is -0.662. The van der Waals surface area contributed by atoms with Crippen LogP contribution in [0, 0.1) is 0 Å². The van der Waals surface area contributed by atoms with Crippen molar-refractivity contribution in [1.29, 1.82) is 0 Å². The van der Waals surface area contributed by atoms with Crippen LogP contribution in [-0.2, 0) is 14.3 Å². The summed E-state index contributed by atoms with van der Waals surface area (Å²) in [4.78, 5) is 12.1. The van der Waals surface area contributed by atoms with Gasteiger partial charge in [-0.15, -0.1) is 0 Å². The van der Waals surface area contributed by atoms with E-state index in [2.05, 4.69) is 0 Å². The quantitative estimate of drug-likeness (QED) is 0.538. The van der Waals surface area contributed by atoms with Gasteiger partial charge in [-0.05, 0) is 24.3 Å². The number of ether oxygens (including phenoxy) is 3. The smallest absolute Gasteiger partial charge is 0.343 e. The Morgan fingerprint density at radius 3 is 2.77 bits per heavy atom. The van der Waals surface area contributed by atoms with Gasteiger partial charge in [0, 0.05) is 10.8 Å². The van der Waals surface area contributed by atoms with Gasteiger partial charge in [-0.1, -0.05) is 18.2 Å². The van der Waals surface area contributed by atoms with Gasteiger partial charge in [0.1, 0.15) is 16.9 Å². The molecule has 0 amide bonds. The number of carbonyl (C=O) groups excluding carboxylic acids is 1. The highest BCUT2D eigenvalue weighted by molar-refractivity contribution is 6.05. The largest absolute Gasteiger partial charge is 0.456 e. The molecule has 5 heteroatoms. The number of hydrogen-bond acceptors (Lipinski definition) is 5. The van der Waals surface area contributed by atoms with Crippen molar-refractivity contribution < 1.29 is 23.4 Å². The van der Waals surface area contributed by atoms with E-state index >= 15 is 0 Å². The fourth-order valence-corrected chi connectivity index (χ4v) is 2.57. The molecule has 1 aliphatic heterocycles. The molecule has 0 N–H and O–H groups in total. The minimum Gasteiger partial charge on any atom is -0.456 e. The number of esters is 1. The van der Waals surface area contributed by atoms with Crippen LogP contribution in [0.2, 0.25) is 0 Å². The summed E-state index contributed by atoms with van der Waals surface area (Å²) < 4.78 is 21.7. The monoisotopic (exact) mass is 298 g/mol. The Hall–Kier alpha value is -2.37. The van der Waals surface area contributed by atoms with Gasteiger partial charge in [0.15, 0.2) is 6.10 Å². The average Bonchev–Trinajstić information content (AvgIpc) is 2.94. The second-order valence-corrected chi connectivity index (χ2v) is 5.11. The highest BCUT2D eigenvalue weighted by Crippen LogP contribution is 2.31. The van der Waals surface area contributed by atoms with E-state index in [0.29, 0.717) is 19.0 Å². The van der Waals surface area contributed by atoms with Crippen LogP contribution in [0.3, 0.4) is 0 Å². The van der Waals surface area contributed by atoms with Gasteiger partial charge in [0.25, 0.3) is 0 Å². The van der Waals surface area contributed by atoms with Gasteiger partial charge < -0.3 is 18.6 Å². The number of furan rings is 1. The molecule has 4 rings (SSSR count). The normalized spacial score (nSPS) is 18.6. The molecule has 2 aromatic carbocycles. The standard InChI is InChI=1S/C17H14O5/c18-17(16-10-19-7-8-20-16)21-11-5-6-15-13(9-11)12-3-1-2-4-14(12)22-15/h1-6,9,16H,7-8,10H2/t16-/m0/s1. The molecule has 3 aromatic rings. The molecule has 1 fully saturated rings. The first-order valence-corrected chi connectivity index (χ1v) is 7.13. The number of para-hydroxylation sites is 1. The first kappa shape index (κ1) is 13.3. The van der Waals surface area contributed by atoms with E-state index in [-0.39, 0.29) is 6.61 Å². The van der Waals surface area contributed by atoms with E-state index < -0.39 is 12.1 Å². The number of carbonyl (C=O) groups is 1. The number of hydrogen-bond donors (Lipinski definition) is 0. The van der Waals surface area contributed by atoms with Crippen LogP contribution in [0.15, 0.2) is 46.9 Å². The van der Waals surface area contributed by atoms with Crippen LogP contribution in [0.4, 0.5) is 0 Å². The fraction of sp³-hybridized carbons (Fsp3) is 0.235. The molecular weight excluding hydrogens is 284 g/mol. The predicted octanol–water partition coefficient (Wildman–Crippen LogP) is 2.91. The molecule has 1 atom stereocenters. The first-order valence-electron chi connectivity index (χ1n) is 7.13. The first-order chi connectivity index (χ1) is 10.8. The Morgan fingerprint density at radius 2 is 1.91 bits per heavy atom. The van der Waals surface area contributed by atoms with E-state index in [9.17, 15) is 4.79 Å². The Kier molecular flexibility index (Phi) is 3.29. The summed E-state index contributed by atoms with van der Waals surface area (Å²) in [5, 5.41) is 1.91. The molecule has 0 aliphatic carbocycles. The van der Waals surface area contributed by atoms with Crippen LogP contribution in [0.5, 0.6) is 5.75 Å². The van der Waals surface area contributed by atoms with Crippen LogP contribution < -0.4 is 4.74 Å². The lowest BCUT2D eigenvalue weighted by atomic mass is 10.1. The summed E-state index contributed by atoms with van der Waals surface area (Å²) in [5.41, 5.74) is 1.57. The Bertz CT molecular complexity index is 829. The summed E-state index contributed by atoms with van der Waals surface area (Å²) in [6.45, 7) is 1.15. The summed E-state index contributed by atoms with van der Waals surface area (Å²) in [6, 6.07) is 13.1. The maximum atomic E-state index is 12.1. The third-order valence-corrected chi connectivity index (χ3v) is 3.65. The zero-order chi connectivity index (χ0) is 14.9. The predicted molar refractivity (Wildman–Crippen MR) is 79.9 cm³/mol. The molecule has 0 spiro atoms. The van der Waals surface area contributed by atoms with Crippen molar-refractivity contribution in [2.24, 2.45) is 0 Å².